The van der Waals surface area contributed by atoms with Gasteiger partial charge in [0.05, 0.1) is 11.7 Å². The third-order valence-electron chi connectivity index (χ3n) is 1.95. The van der Waals surface area contributed by atoms with Gasteiger partial charge in [-0.1, -0.05) is 18.2 Å². The maximum Gasteiger partial charge on any atom is 0.336 e. The van der Waals surface area contributed by atoms with Gasteiger partial charge in [-0.2, -0.15) is 0 Å². The Morgan fingerprint density at radius 1 is 1.36 bits per heavy atom. The predicted octanol–water partition coefficient (Wildman–Crippen LogP) is 0.801. The summed E-state index contributed by atoms with van der Waals surface area (Å²) in [5, 5.41) is 27.0. The molecule has 1 aromatic carbocycles. The molecule has 1 aromatic rings. The number of hydrogen-bond donors (Lipinski definition) is 3. The predicted molar refractivity (Wildman–Crippen MR) is 50.1 cm³/mol. The third-order valence-corrected chi connectivity index (χ3v) is 1.95. The van der Waals surface area contributed by atoms with Gasteiger partial charge in [0.15, 0.2) is 0 Å². The number of carboxylic acids is 1. The van der Waals surface area contributed by atoms with Crippen molar-refractivity contribution in [2.45, 2.75) is 12.5 Å². The Kier molecular flexibility index (Phi) is 3.62. The van der Waals surface area contributed by atoms with E-state index in [1.54, 1.807) is 18.2 Å². The summed E-state index contributed by atoms with van der Waals surface area (Å²) in [5.74, 6) is -1.07. The molecule has 1 atom stereocenters. The minimum absolute atomic E-state index is 0.0773. The Morgan fingerprint density at radius 3 is 2.57 bits per heavy atom. The van der Waals surface area contributed by atoms with Crippen LogP contribution in [0.2, 0.25) is 0 Å². The molecule has 0 bridgehead atoms. The highest BCUT2D eigenvalue weighted by Crippen LogP contribution is 2.20. The minimum atomic E-state index is -1.07. The maximum absolute atomic E-state index is 10.8. The molecule has 0 spiro atoms. The van der Waals surface area contributed by atoms with E-state index >= 15 is 0 Å². The number of aromatic carboxylic acids is 1. The monoisotopic (exact) mass is 196 g/mol. The van der Waals surface area contributed by atoms with E-state index in [1.165, 1.54) is 6.07 Å². The first-order valence-corrected chi connectivity index (χ1v) is 4.28. The molecule has 4 heteroatoms. The van der Waals surface area contributed by atoms with Gasteiger partial charge in [-0.25, -0.2) is 4.79 Å². The number of aliphatic hydroxyl groups excluding tert-OH is 2. The molecule has 1 rings (SSSR count). The van der Waals surface area contributed by atoms with Crippen LogP contribution in [0, 0.1) is 0 Å². The molecular weight excluding hydrogens is 184 g/mol. The van der Waals surface area contributed by atoms with Crippen molar-refractivity contribution in [3.8, 4) is 0 Å². The van der Waals surface area contributed by atoms with Crippen LogP contribution in [0.3, 0.4) is 0 Å². The van der Waals surface area contributed by atoms with Gasteiger partial charge in [0, 0.05) is 13.0 Å². The zero-order valence-corrected chi connectivity index (χ0v) is 7.55. The van der Waals surface area contributed by atoms with E-state index in [4.69, 9.17) is 10.2 Å². The molecule has 0 saturated carbocycles. The molecule has 0 aromatic heterocycles. The van der Waals surface area contributed by atoms with E-state index in [-0.39, 0.29) is 18.6 Å². The highest BCUT2D eigenvalue weighted by Gasteiger charge is 2.15. The molecule has 0 saturated heterocycles. The van der Waals surface area contributed by atoms with Crippen LogP contribution < -0.4 is 0 Å². The van der Waals surface area contributed by atoms with Gasteiger partial charge in [-0.15, -0.1) is 0 Å². The Labute approximate surface area is 81.4 Å². The fourth-order valence-electron chi connectivity index (χ4n) is 1.26. The van der Waals surface area contributed by atoms with Crippen molar-refractivity contribution in [1.82, 2.24) is 0 Å². The van der Waals surface area contributed by atoms with Crippen molar-refractivity contribution in [1.29, 1.82) is 0 Å². The second-order valence-electron chi connectivity index (χ2n) is 2.92. The first-order chi connectivity index (χ1) is 6.66. The first kappa shape index (κ1) is 10.7. The summed E-state index contributed by atoms with van der Waals surface area (Å²) in [4.78, 5) is 10.8. The molecule has 0 fully saturated rings. The van der Waals surface area contributed by atoms with Crippen LogP contribution in [0.4, 0.5) is 0 Å². The van der Waals surface area contributed by atoms with E-state index in [0.717, 1.165) is 0 Å². The quantitative estimate of drug-likeness (QED) is 0.665. The van der Waals surface area contributed by atoms with E-state index in [1.807, 2.05) is 0 Å². The van der Waals surface area contributed by atoms with Crippen molar-refractivity contribution in [2.75, 3.05) is 6.61 Å². The molecule has 0 radical (unpaired) electrons. The number of carbonyl (C=O) groups is 1. The van der Waals surface area contributed by atoms with Gasteiger partial charge in [0.25, 0.3) is 0 Å². The molecule has 3 N–H and O–H groups in total. The fourth-order valence-corrected chi connectivity index (χ4v) is 1.26. The van der Waals surface area contributed by atoms with Crippen LogP contribution in [0.1, 0.15) is 28.4 Å². The first-order valence-electron chi connectivity index (χ1n) is 4.28. The van der Waals surface area contributed by atoms with Gasteiger partial charge >= 0.3 is 5.97 Å². The number of carboxylic acid groups (broad SMARTS) is 1. The molecule has 14 heavy (non-hydrogen) atoms. The Bertz CT molecular complexity index is 322. The summed E-state index contributed by atoms with van der Waals surface area (Å²) in [6.07, 6.45) is -0.781. The lowest BCUT2D eigenvalue weighted by atomic mass is 10.0. The van der Waals surface area contributed by atoms with Gasteiger partial charge in [-0.3, -0.25) is 0 Å². The van der Waals surface area contributed by atoms with Gasteiger partial charge in [-0.05, 0) is 11.6 Å². The van der Waals surface area contributed by atoms with Crippen LogP contribution in [0.15, 0.2) is 24.3 Å². The Balaban J connectivity index is 3.00. The summed E-state index contributed by atoms with van der Waals surface area (Å²) in [7, 11) is 0. The van der Waals surface area contributed by atoms with Gasteiger partial charge in [0.1, 0.15) is 0 Å². The van der Waals surface area contributed by atoms with E-state index in [2.05, 4.69) is 0 Å². The van der Waals surface area contributed by atoms with Gasteiger partial charge in [0.2, 0.25) is 0 Å². The lowest BCUT2D eigenvalue weighted by molar-refractivity contribution is 0.0685. The van der Waals surface area contributed by atoms with E-state index in [0.29, 0.717) is 5.56 Å². The standard InChI is InChI=1S/C10H12O4/c11-6-5-9(12)7-3-1-2-4-8(7)10(13)14/h1-4,9,11-12H,5-6H2,(H,13,14). The van der Waals surface area contributed by atoms with Crippen molar-refractivity contribution in [3.05, 3.63) is 35.4 Å². The SMILES string of the molecule is O=C(O)c1ccccc1C(O)CCO. The zero-order chi connectivity index (χ0) is 10.6. The van der Waals surface area contributed by atoms with Crippen molar-refractivity contribution < 1.29 is 20.1 Å². The van der Waals surface area contributed by atoms with Gasteiger partial charge < -0.3 is 15.3 Å². The number of rotatable bonds is 4. The average molecular weight is 196 g/mol. The summed E-state index contributed by atoms with van der Waals surface area (Å²) in [6, 6.07) is 6.23. The molecule has 4 nitrogen and oxygen atoms in total. The molecule has 0 aliphatic heterocycles. The highest BCUT2D eigenvalue weighted by molar-refractivity contribution is 5.89. The van der Waals surface area contributed by atoms with Crippen LogP contribution >= 0.6 is 0 Å². The van der Waals surface area contributed by atoms with Crippen molar-refractivity contribution in [2.24, 2.45) is 0 Å². The average Bonchev–Trinajstić information content (AvgIpc) is 2.18. The number of hydrogen-bond acceptors (Lipinski definition) is 3. The molecular formula is C10H12O4. The van der Waals surface area contributed by atoms with Crippen LogP contribution in [-0.2, 0) is 0 Å². The maximum atomic E-state index is 10.8. The van der Waals surface area contributed by atoms with E-state index in [9.17, 15) is 9.90 Å². The van der Waals surface area contributed by atoms with Crippen LogP contribution in [-0.4, -0.2) is 27.9 Å². The van der Waals surface area contributed by atoms with Crippen LogP contribution in [0.5, 0.6) is 0 Å². The summed E-state index contributed by atoms with van der Waals surface area (Å²) in [5.41, 5.74) is 0.419. The zero-order valence-electron chi connectivity index (χ0n) is 7.55. The Morgan fingerprint density at radius 2 is 2.00 bits per heavy atom. The highest BCUT2D eigenvalue weighted by atomic mass is 16.4. The molecule has 76 valence electrons. The molecule has 0 amide bonds. The molecule has 0 heterocycles. The summed E-state index contributed by atoms with van der Waals surface area (Å²) < 4.78 is 0. The van der Waals surface area contributed by atoms with E-state index < -0.39 is 12.1 Å². The molecule has 0 aliphatic carbocycles. The smallest absolute Gasteiger partial charge is 0.336 e. The second kappa shape index (κ2) is 4.74. The second-order valence-corrected chi connectivity index (χ2v) is 2.92. The summed E-state index contributed by atoms with van der Waals surface area (Å²) in [6.45, 7) is -0.172. The number of benzene rings is 1. The third kappa shape index (κ3) is 2.31. The topological polar surface area (TPSA) is 77.8 Å². The number of aliphatic hydroxyl groups is 2. The fraction of sp³-hybridized carbons (Fsp3) is 0.300. The Hall–Kier alpha value is -1.39. The largest absolute Gasteiger partial charge is 0.478 e. The lowest BCUT2D eigenvalue weighted by Crippen LogP contribution is -2.08. The van der Waals surface area contributed by atoms with Crippen molar-refractivity contribution >= 4 is 5.97 Å². The minimum Gasteiger partial charge on any atom is -0.478 e. The van der Waals surface area contributed by atoms with Crippen molar-refractivity contribution in [3.63, 3.8) is 0 Å². The summed E-state index contributed by atoms with van der Waals surface area (Å²) >= 11 is 0. The molecule has 0 aliphatic rings. The van der Waals surface area contributed by atoms with Crippen LogP contribution in [0.25, 0.3) is 0 Å². The normalized spacial score (nSPS) is 12.4. The molecule has 1 unspecified atom stereocenters. The lowest BCUT2D eigenvalue weighted by Gasteiger charge is -2.11.